The summed E-state index contributed by atoms with van der Waals surface area (Å²) in [5, 5.41) is 8.94. The zero-order chi connectivity index (χ0) is 16.1. The fourth-order valence-corrected chi connectivity index (χ4v) is 1.56. The lowest BCUT2D eigenvalue weighted by Crippen LogP contribution is -2.56. The topological polar surface area (TPSA) is 87.2 Å². The van der Waals surface area contributed by atoms with Gasteiger partial charge in [-0.25, -0.2) is 4.79 Å². The molecule has 1 N–H and O–H groups in total. The van der Waals surface area contributed by atoms with Crippen molar-refractivity contribution in [1.82, 2.24) is 9.80 Å². The van der Waals surface area contributed by atoms with Gasteiger partial charge in [-0.05, 0) is 34.6 Å². The van der Waals surface area contributed by atoms with Crippen molar-refractivity contribution in [2.24, 2.45) is 0 Å². The van der Waals surface area contributed by atoms with Crippen molar-refractivity contribution in [3.05, 3.63) is 0 Å². The van der Waals surface area contributed by atoms with E-state index in [1.807, 2.05) is 0 Å². The Balaban J connectivity index is 5.26. The van der Waals surface area contributed by atoms with E-state index in [0.29, 0.717) is 0 Å². The van der Waals surface area contributed by atoms with Crippen LogP contribution in [0.4, 0.5) is 4.79 Å². The molecule has 0 rings (SSSR count). The summed E-state index contributed by atoms with van der Waals surface area (Å²) in [5.74, 6) is -1.65. The summed E-state index contributed by atoms with van der Waals surface area (Å²) in [5.41, 5.74) is -0.668. The van der Waals surface area contributed by atoms with E-state index in [2.05, 4.69) is 4.74 Å². The minimum absolute atomic E-state index is 0.209. The Morgan fingerprint density at radius 3 is 1.95 bits per heavy atom. The van der Waals surface area contributed by atoms with Gasteiger partial charge in [-0.15, -0.1) is 0 Å². The normalized spacial score (nSPS) is 11.2. The van der Waals surface area contributed by atoms with Gasteiger partial charge in [0.25, 0.3) is 0 Å². The van der Waals surface area contributed by atoms with Gasteiger partial charge in [0.15, 0.2) is 0 Å². The maximum Gasteiger partial charge on any atom is 0.325 e. The molecule has 0 saturated heterocycles. The van der Waals surface area contributed by atoms with Gasteiger partial charge in [0.1, 0.15) is 13.1 Å². The Bertz CT molecular complexity index is 373. The number of esters is 1. The number of methoxy groups -OCH3 is 1. The van der Waals surface area contributed by atoms with Crippen LogP contribution < -0.4 is 0 Å². The van der Waals surface area contributed by atoms with E-state index in [-0.39, 0.29) is 12.6 Å². The Hall–Kier alpha value is -1.79. The van der Waals surface area contributed by atoms with E-state index < -0.39 is 30.1 Å². The molecule has 116 valence electrons. The van der Waals surface area contributed by atoms with Crippen molar-refractivity contribution in [3.63, 3.8) is 0 Å². The molecule has 0 aliphatic carbocycles. The Morgan fingerprint density at radius 2 is 1.65 bits per heavy atom. The number of carbonyl (C=O) groups excluding carboxylic acids is 2. The second-order valence-corrected chi connectivity index (χ2v) is 5.73. The Kier molecular flexibility index (Phi) is 6.48. The third kappa shape index (κ3) is 5.46. The number of aliphatic carboxylic acids is 1. The van der Waals surface area contributed by atoms with Gasteiger partial charge in [0.2, 0.25) is 0 Å². The molecule has 7 heteroatoms. The molecular formula is C13H24N2O5. The lowest BCUT2D eigenvalue weighted by atomic mass is 10.1. The standard InChI is InChI=1S/C13H24N2O5/c1-9(2)14(8-11(18)20-6)12(19)15(7-10(16)17)13(3,4)5/h9H,7-8H2,1-6H3,(H,16,17). The number of ether oxygens (including phenoxy) is 1. The number of hydrogen-bond donors (Lipinski definition) is 1. The first-order valence-corrected chi connectivity index (χ1v) is 6.37. The summed E-state index contributed by atoms with van der Waals surface area (Å²) in [6.45, 7) is 8.09. The summed E-state index contributed by atoms with van der Waals surface area (Å²) in [7, 11) is 1.24. The molecule has 0 saturated carbocycles. The first kappa shape index (κ1) is 18.2. The van der Waals surface area contributed by atoms with Crippen LogP contribution in [0.2, 0.25) is 0 Å². The van der Waals surface area contributed by atoms with E-state index in [0.717, 1.165) is 0 Å². The molecule has 0 radical (unpaired) electrons. The molecule has 0 heterocycles. The van der Waals surface area contributed by atoms with Gasteiger partial charge in [0, 0.05) is 11.6 Å². The van der Waals surface area contributed by atoms with Crippen LogP contribution in [0, 0.1) is 0 Å². The van der Waals surface area contributed by atoms with E-state index in [9.17, 15) is 14.4 Å². The van der Waals surface area contributed by atoms with Crippen LogP contribution in [0.15, 0.2) is 0 Å². The molecule has 0 atom stereocenters. The fraction of sp³-hybridized carbons (Fsp3) is 0.769. The highest BCUT2D eigenvalue weighted by Crippen LogP contribution is 2.17. The minimum atomic E-state index is -1.10. The average molecular weight is 288 g/mol. The number of urea groups is 1. The molecule has 0 aromatic heterocycles. The van der Waals surface area contributed by atoms with Crippen LogP contribution >= 0.6 is 0 Å². The molecule has 0 bridgehead atoms. The second-order valence-electron chi connectivity index (χ2n) is 5.73. The van der Waals surface area contributed by atoms with Crippen molar-refractivity contribution >= 4 is 18.0 Å². The molecule has 0 unspecified atom stereocenters. The molecule has 0 aromatic carbocycles. The first-order chi connectivity index (χ1) is 9.00. The zero-order valence-corrected chi connectivity index (χ0v) is 13.0. The van der Waals surface area contributed by atoms with Crippen LogP contribution in [0.1, 0.15) is 34.6 Å². The van der Waals surface area contributed by atoms with Crippen LogP contribution in [-0.4, -0.2) is 64.7 Å². The summed E-state index contributed by atoms with van der Waals surface area (Å²) >= 11 is 0. The van der Waals surface area contributed by atoms with Gasteiger partial charge >= 0.3 is 18.0 Å². The highest BCUT2D eigenvalue weighted by Gasteiger charge is 2.33. The number of carbonyl (C=O) groups is 3. The number of hydrogen-bond acceptors (Lipinski definition) is 4. The molecule has 2 amide bonds. The SMILES string of the molecule is COC(=O)CN(C(=O)N(CC(=O)O)C(C)(C)C)C(C)C. The minimum Gasteiger partial charge on any atom is -0.480 e. The fourth-order valence-electron chi connectivity index (χ4n) is 1.56. The van der Waals surface area contributed by atoms with Gasteiger partial charge < -0.3 is 19.6 Å². The van der Waals surface area contributed by atoms with Gasteiger partial charge in [-0.2, -0.15) is 0 Å². The van der Waals surface area contributed by atoms with Crippen molar-refractivity contribution in [1.29, 1.82) is 0 Å². The van der Waals surface area contributed by atoms with Gasteiger partial charge in [0.05, 0.1) is 7.11 Å². The summed E-state index contributed by atoms with van der Waals surface area (Å²) in [6, 6.07) is -0.749. The van der Waals surface area contributed by atoms with Crippen molar-refractivity contribution in [3.8, 4) is 0 Å². The molecule has 20 heavy (non-hydrogen) atoms. The van der Waals surface area contributed by atoms with Crippen molar-refractivity contribution < 1.29 is 24.2 Å². The van der Waals surface area contributed by atoms with E-state index in [4.69, 9.17) is 5.11 Å². The number of carboxylic acids is 1. The van der Waals surface area contributed by atoms with Crippen LogP contribution in [-0.2, 0) is 14.3 Å². The molecule has 0 spiro atoms. The van der Waals surface area contributed by atoms with Crippen LogP contribution in [0.3, 0.4) is 0 Å². The predicted molar refractivity (Wildman–Crippen MR) is 73.3 cm³/mol. The number of nitrogens with zero attached hydrogens (tertiary/aromatic N) is 2. The Labute approximate surface area is 119 Å². The highest BCUT2D eigenvalue weighted by molar-refractivity contribution is 5.84. The average Bonchev–Trinajstić information content (AvgIpc) is 2.29. The van der Waals surface area contributed by atoms with Crippen LogP contribution in [0.5, 0.6) is 0 Å². The van der Waals surface area contributed by atoms with Crippen molar-refractivity contribution in [2.75, 3.05) is 20.2 Å². The first-order valence-electron chi connectivity index (χ1n) is 6.37. The van der Waals surface area contributed by atoms with E-state index in [1.165, 1.54) is 16.9 Å². The molecule has 0 fully saturated rings. The molecule has 0 aliphatic rings. The van der Waals surface area contributed by atoms with E-state index >= 15 is 0 Å². The van der Waals surface area contributed by atoms with Crippen LogP contribution in [0.25, 0.3) is 0 Å². The number of rotatable bonds is 5. The molecule has 0 aliphatic heterocycles. The summed E-state index contributed by atoms with van der Waals surface area (Å²) < 4.78 is 4.56. The highest BCUT2D eigenvalue weighted by atomic mass is 16.5. The summed E-state index contributed by atoms with van der Waals surface area (Å²) in [4.78, 5) is 37.3. The zero-order valence-electron chi connectivity index (χ0n) is 13.0. The lowest BCUT2D eigenvalue weighted by Gasteiger charge is -2.39. The maximum atomic E-state index is 12.5. The van der Waals surface area contributed by atoms with Crippen molar-refractivity contribution in [2.45, 2.75) is 46.2 Å². The smallest absolute Gasteiger partial charge is 0.325 e. The second kappa shape index (κ2) is 7.12. The quantitative estimate of drug-likeness (QED) is 0.767. The molecule has 0 aromatic rings. The largest absolute Gasteiger partial charge is 0.480 e. The third-order valence-electron chi connectivity index (χ3n) is 2.73. The lowest BCUT2D eigenvalue weighted by molar-refractivity contribution is -0.141. The number of carboxylic acid groups (broad SMARTS) is 1. The van der Waals surface area contributed by atoms with Gasteiger partial charge in [-0.1, -0.05) is 0 Å². The Morgan fingerprint density at radius 1 is 1.15 bits per heavy atom. The number of amides is 2. The predicted octanol–water partition coefficient (Wildman–Crippen LogP) is 1.17. The maximum absolute atomic E-state index is 12.5. The molecular weight excluding hydrogens is 264 g/mol. The van der Waals surface area contributed by atoms with E-state index in [1.54, 1.807) is 34.6 Å². The third-order valence-corrected chi connectivity index (χ3v) is 2.73. The monoisotopic (exact) mass is 288 g/mol. The molecule has 7 nitrogen and oxygen atoms in total. The summed E-state index contributed by atoms with van der Waals surface area (Å²) in [6.07, 6.45) is 0. The van der Waals surface area contributed by atoms with Gasteiger partial charge in [-0.3, -0.25) is 9.59 Å².